The Labute approximate surface area is 129 Å². The molecule has 5 nitrogen and oxygen atoms in total. The third kappa shape index (κ3) is 4.41. The first-order valence-corrected chi connectivity index (χ1v) is 8.33. The molecule has 0 aromatic heterocycles. The zero-order valence-corrected chi connectivity index (χ0v) is 14.0. The summed E-state index contributed by atoms with van der Waals surface area (Å²) in [7, 11) is 2.01. The summed E-state index contributed by atoms with van der Waals surface area (Å²) in [5.41, 5.74) is 0. The van der Waals surface area contributed by atoms with Crippen LogP contribution in [0.25, 0.3) is 0 Å². The molecule has 0 aromatic carbocycles. The molecule has 2 aliphatic heterocycles. The van der Waals surface area contributed by atoms with Gasteiger partial charge in [-0.25, -0.2) is 0 Å². The summed E-state index contributed by atoms with van der Waals surface area (Å²) < 4.78 is 6.02. The van der Waals surface area contributed by atoms with Crippen molar-refractivity contribution in [3.8, 4) is 0 Å². The van der Waals surface area contributed by atoms with Gasteiger partial charge in [0.2, 0.25) is 5.91 Å². The van der Waals surface area contributed by atoms with Crippen LogP contribution in [0, 0.1) is 5.92 Å². The number of piperidine rings is 1. The Hall–Kier alpha value is -0.650. The lowest BCUT2D eigenvalue weighted by Gasteiger charge is -2.38. The summed E-state index contributed by atoms with van der Waals surface area (Å²) in [4.78, 5) is 19.0. The van der Waals surface area contributed by atoms with Crippen molar-refractivity contribution in [1.29, 1.82) is 0 Å². The van der Waals surface area contributed by atoms with Crippen LogP contribution in [0.15, 0.2) is 0 Å². The second-order valence-electron chi connectivity index (χ2n) is 6.70. The van der Waals surface area contributed by atoms with Crippen molar-refractivity contribution >= 4 is 5.91 Å². The lowest BCUT2D eigenvalue weighted by atomic mass is 9.93. The van der Waals surface area contributed by atoms with Gasteiger partial charge in [0.1, 0.15) is 0 Å². The van der Waals surface area contributed by atoms with Crippen molar-refractivity contribution in [1.82, 2.24) is 14.7 Å². The van der Waals surface area contributed by atoms with E-state index in [1.807, 2.05) is 11.9 Å². The fourth-order valence-electron chi connectivity index (χ4n) is 3.13. The molecular weight excluding hydrogens is 266 g/mol. The Morgan fingerprint density at radius 3 is 2.76 bits per heavy atom. The minimum atomic E-state index is 0.226. The number of ether oxygens (including phenoxy) is 1. The maximum Gasteiger partial charge on any atom is 0.236 e. The maximum absolute atomic E-state index is 12.4. The summed E-state index contributed by atoms with van der Waals surface area (Å²) in [6.07, 6.45) is 1.29. The largest absolute Gasteiger partial charge is 0.375 e. The van der Waals surface area contributed by atoms with E-state index in [0.717, 1.165) is 45.8 Å². The molecule has 0 N–H and O–H groups in total. The van der Waals surface area contributed by atoms with Gasteiger partial charge in [-0.05, 0) is 33.9 Å². The van der Waals surface area contributed by atoms with Gasteiger partial charge in [0.05, 0.1) is 19.3 Å². The molecule has 2 rings (SSSR count). The topological polar surface area (TPSA) is 36.0 Å². The molecule has 2 unspecified atom stereocenters. The van der Waals surface area contributed by atoms with E-state index in [1.54, 1.807) is 0 Å². The van der Waals surface area contributed by atoms with Crippen molar-refractivity contribution < 1.29 is 9.53 Å². The molecule has 2 heterocycles. The standard InChI is InChI=1S/C16H31N3O2/c1-5-18-8-9-21-15-11-19(7-6-14(15)10-18)16(20)12-17(4)13(2)3/h13-15H,5-12H2,1-4H3. The summed E-state index contributed by atoms with van der Waals surface area (Å²) in [5, 5.41) is 0. The molecule has 1 amide bonds. The van der Waals surface area contributed by atoms with Crippen molar-refractivity contribution in [3.63, 3.8) is 0 Å². The quantitative estimate of drug-likeness (QED) is 0.772. The molecule has 2 atom stereocenters. The van der Waals surface area contributed by atoms with Crippen molar-refractivity contribution in [2.75, 3.05) is 52.9 Å². The average molecular weight is 297 g/mol. The second-order valence-corrected chi connectivity index (χ2v) is 6.70. The Morgan fingerprint density at radius 2 is 2.10 bits per heavy atom. The fourth-order valence-corrected chi connectivity index (χ4v) is 3.13. The van der Waals surface area contributed by atoms with Crippen LogP contribution in [0.2, 0.25) is 0 Å². The third-order valence-electron chi connectivity index (χ3n) is 4.99. The molecule has 0 spiro atoms. The molecule has 21 heavy (non-hydrogen) atoms. The van der Waals surface area contributed by atoms with Crippen LogP contribution in [-0.4, -0.2) is 85.7 Å². The predicted molar refractivity (Wildman–Crippen MR) is 84.3 cm³/mol. The van der Waals surface area contributed by atoms with Crippen LogP contribution in [-0.2, 0) is 9.53 Å². The highest BCUT2D eigenvalue weighted by atomic mass is 16.5. The Morgan fingerprint density at radius 1 is 1.33 bits per heavy atom. The van der Waals surface area contributed by atoms with Crippen molar-refractivity contribution in [2.24, 2.45) is 5.92 Å². The zero-order valence-electron chi connectivity index (χ0n) is 14.0. The number of hydrogen-bond acceptors (Lipinski definition) is 4. The van der Waals surface area contributed by atoms with Gasteiger partial charge in [0.25, 0.3) is 0 Å². The summed E-state index contributed by atoms with van der Waals surface area (Å²) in [6.45, 7) is 12.6. The van der Waals surface area contributed by atoms with E-state index < -0.39 is 0 Å². The van der Waals surface area contributed by atoms with E-state index in [0.29, 0.717) is 18.5 Å². The van der Waals surface area contributed by atoms with E-state index in [1.165, 1.54) is 0 Å². The number of fused-ring (bicyclic) bond motifs is 1. The lowest BCUT2D eigenvalue weighted by Crippen LogP contribution is -2.51. The minimum Gasteiger partial charge on any atom is -0.375 e. The minimum absolute atomic E-state index is 0.226. The maximum atomic E-state index is 12.4. The molecule has 0 bridgehead atoms. The fraction of sp³-hybridized carbons (Fsp3) is 0.938. The molecule has 122 valence electrons. The van der Waals surface area contributed by atoms with Crippen LogP contribution < -0.4 is 0 Å². The van der Waals surface area contributed by atoms with E-state index in [2.05, 4.69) is 30.6 Å². The number of carbonyl (C=O) groups is 1. The number of carbonyl (C=O) groups excluding carboxylic acids is 1. The van der Waals surface area contributed by atoms with Crippen molar-refractivity contribution in [2.45, 2.75) is 39.3 Å². The molecule has 0 radical (unpaired) electrons. The first kappa shape index (κ1) is 16.7. The monoisotopic (exact) mass is 297 g/mol. The summed E-state index contributed by atoms with van der Waals surface area (Å²) in [6, 6.07) is 0.402. The molecule has 0 aliphatic carbocycles. The molecule has 0 aromatic rings. The Kier molecular flexibility index (Phi) is 6.02. The Balaban J connectivity index is 1.88. The van der Waals surface area contributed by atoms with Crippen LogP contribution >= 0.6 is 0 Å². The number of likely N-dealkylation sites (N-methyl/N-ethyl adjacent to an activating group) is 2. The highest BCUT2D eigenvalue weighted by molar-refractivity contribution is 5.78. The smallest absolute Gasteiger partial charge is 0.236 e. The molecular formula is C16H31N3O2. The van der Waals surface area contributed by atoms with Gasteiger partial charge in [-0.3, -0.25) is 9.69 Å². The second kappa shape index (κ2) is 7.56. The van der Waals surface area contributed by atoms with E-state index >= 15 is 0 Å². The molecule has 2 saturated heterocycles. The SMILES string of the molecule is CCN1CCOC2CN(C(=O)CN(C)C(C)C)CCC2C1. The summed E-state index contributed by atoms with van der Waals surface area (Å²) >= 11 is 0. The van der Waals surface area contributed by atoms with Gasteiger partial charge in [-0.1, -0.05) is 6.92 Å². The highest BCUT2D eigenvalue weighted by Crippen LogP contribution is 2.24. The first-order chi connectivity index (χ1) is 10.0. The first-order valence-electron chi connectivity index (χ1n) is 8.33. The third-order valence-corrected chi connectivity index (χ3v) is 4.99. The van der Waals surface area contributed by atoms with Gasteiger partial charge in [-0.2, -0.15) is 0 Å². The number of hydrogen-bond donors (Lipinski definition) is 0. The predicted octanol–water partition coefficient (Wildman–Crippen LogP) is 0.896. The highest BCUT2D eigenvalue weighted by Gasteiger charge is 2.34. The molecule has 0 saturated carbocycles. The van der Waals surface area contributed by atoms with Crippen LogP contribution in [0.4, 0.5) is 0 Å². The normalized spacial score (nSPS) is 27.8. The van der Waals surface area contributed by atoms with Crippen LogP contribution in [0.3, 0.4) is 0 Å². The van der Waals surface area contributed by atoms with E-state index in [9.17, 15) is 4.79 Å². The molecule has 2 fully saturated rings. The van der Waals surface area contributed by atoms with Gasteiger partial charge >= 0.3 is 0 Å². The summed E-state index contributed by atoms with van der Waals surface area (Å²) in [5.74, 6) is 0.823. The van der Waals surface area contributed by atoms with Gasteiger partial charge in [0, 0.05) is 38.1 Å². The lowest BCUT2D eigenvalue weighted by molar-refractivity contribution is -0.138. The molecule has 5 heteroatoms. The number of nitrogens with zero attached hydrogens (tertiary/aromatic N) is 3. The number of rotatable bonds is 4. The van der Waals surface area contributed by atoms with Crippen LogP contribution in [0.5, 0.6) is 0 Å². The zero-order chi connectivity index (χ0) is 15.4. The van der Waals surface area contributed by atoms with Gasteiger partial charge in [-0.15, -0.1) is 0 Å². The van der Waals surface area contributed by atoms with E-state index in [-0.39, 0.29) is 12.0 Å². The van der Waals surface area contributed by atoms with Gasteiger partial charge in [0.15, 0.2) is 0 Å². The van der Waals surface area contributed by atoms with Gasteiger partial charge < -0.3 is 14.5 Å². The Bertz CT molecular complexity index is 348. The average Bonchev–Trinajstić information content (AvgIpc) is 2.67. The molecule has 2 aliphatic rings. The number of amides is 1. The van der Waals surface area contributed by atoms with Crippen molar-refractivity contribution in [3.05, 3.63) is 0 Å². The van der Waals surface area contributed by atoms with Crippen LogP contribution in [0.1, 0.15) is 27.2 Å². The van der Waals surface area contributed by atoms with E-state index in [4.69, 9.17) is 4.74 Å². The number of likely N-dealkylation sites (tertiary alicyclic amines) is 1.